The zero-order valence-corrected chi connectivity index (χ0v) is 12.4. The average Bonchev–Trinajstić information content (AvgIpc) is 2.48. The smallest absolute Gasteiger partial charge is 0.268 e. The van der Waals surface area contributed by atoms with Crippen molar-refractivity contribution >= 4 is 11.6 Å². The highest BCUT2D eigenvalue weighted by Crippen LogP contribution is 2.23. The topological polar surface area (TPSA) is 67.2 Å². The SMILES string of the molecule is C=CCNC(=O)CC1CCCN(c2cnn(C)c(=O)c2)C1. The van der Waals surface area contributed by atoms with Crippen LogP contribution in [-0.2, 0) is 11.8 Å². The van der Waals surface area contributed by atoms with E-state index in [1.807, 2.05) is 0 Å². The number of rotatable bonds is 5. The molecule has 1 aliphatic heterocycles. The maximum absolute atomic E-state index is 11.8. The Bertz CT molecular complexity index is 567. The van der Waals surface area contributed by atoms with Gasteiger partial charge in [0.2, 0.25) is 5.91 Å². The van der Waals surface area contributed by atoms with Crippen LogP contribution in [-0.4, -0.2) is 35.3 Å². The van der Waals surface area contributed by atoms with Crippen molar-refractivity contribution < 1.29 is 4.79 Å². The molecule has 114 valence electrons. The second kappa shape index (κ2) is 7.06. The number of nitrogens with zero attached hydrogens (tertiary/aromatic N) is 3. The molecule has 1 unspecified atom stereocenters. The lowest BCUT2D eigenvalue weighted by atomic mass is 9.94. The summed E-state index contributed by atoms with van der Waals surface area (Å²) < 4.78 is 1.31. The standard InChI is InChI=1S/C15H22N4O2/c1-3-6-16-14(20)8-12-5-4-7-19(11-12)13-9-15(21)18(2)17-10-13/h3,9-10,12H,1,4-8,11H2,2H3,(H,16,20). The van der Waals surface area contributed by atoms with Gasteiger partial charge in [-0.1, -0.05) is 6.08 Å². The molecule has 1 fully saturated rings. The highest BCUT2D eigenvalue weighted by molar-refractivity contribution is 5.76. The van der Waals surface area contributed by atoms with Crippen LogP contribution in [0.5, 0.6) is 0 Å². The van der Waals surface area contributed by atoms with Crippen LogP contribution >= 0.6 is 0 Å². The van der Waals surface area contributed by atoms with Crippen LogP contribution in [0.15, 0.2) is 29.7 Å². The Kier molecular flexibility index (Phi) is 5.14. The normalized spacial score (nSPS) is 18.3. The summed E-state index contributed by atoms with van der Waals surface area (Å²) in [5, 5.41) is 6.86. The molecule has 6 heteroatoms. The second-order valence-corrected chi connectivity index (χ2v) is 5.43. The number of anilines is 1. The van der Waals surface area contributed by atoms with Gasteiger partial charge in [0.15, 0.2) is 0 Å². The molecule has 1 aromatic heterocycles. The van der Waals surface area contributed by atoms with Gasteiger partial charge in [-0.15, -0.1) is 6.58 Å². The lowest BCUT2D eigenvalue weighted by molar-refractivity contribution is -0.121. The summed E-state index contributed by atoms with van der Waals surface area (Å²) in [6.07, 6.45) is 5.96. The van der Waals surface area contributed by atoms with Gasteiger partial charge in [-0.25, -0.2) is 4.68 Å². The second-order valence-electron chi connectivity index (χ2n) is 5.43. The summed E-state index contributed by atoms with van der Waals surface area (Å²) in [4.78, 5) is 25.6. The van der Waals surface area contributed by atoms with Gasteiger partial charge in [-0.05, 0) is 18.8 Å². The van der Waals surface area contributed by atoms with Gasteiger partial charge < -0.3 is 10.2 Å². The zero-order valence-electron chi connectivity index (χ0n) is 12.4. The van der Waals surface area contributed by atoms with Gasteiger partial charge in [-0.2, -0.15) is 5.10 Å². The van der Waals surface area contributed by atoms with Crippen LogP contribution in [0.4, 0.5) is 5.69 Å². The maximum Gasteiger partial charge on any atom is 0.268 e. The summed E-state index contributed by atoms with van der Waals surface area (Å²) in [5.41, 5.74) is 0.729. The minimum absolute atomic E-state index is 0.0591. The molecule has 21 heavy (non-hydrogen) atoms. The van der Waals surface area contributed by atoms with Crippen molar-refractivity contribution in [2.75, 3.05) is 24.5 Å². The van der Waals surface area contributed by atoms with E-state index < -0.39 is 0 Å². The first-order chi connectivity index (χ1) is 10.1. The van der Waals surface area contributed by atoms with E-state index in [9.17, 15) is 9.59 Å². The van der Waals surface area contributed by atoms with Gasteiger partial charge in [0.25, 0.3) is 5.56 Å². The minimum Gasteiger partial charge on any atom is -0.370 e. The lowest BCUT2D eigenvalue weighted by Gasteiger charge is -2.33. The number of aromatic nitrogens is 2. The third-order valence-electron chi connectivity index (χ3n) is 3.76. The van der Waals surface area contributed by atoms with Crippen LogP contribution < -0.4 is 15.8 Å². The summed E-state index contributed by atoms with van der Waals surface area (Å²) >= 11 is 0. The zero-order chi connectivity index (χ0) is 15.2. The van der Waals surface area contributed by atoms with E-state index in [0.717, 1.165) is 31.6 Å². The highest BCUT2D eigenvalue weighted by atomic mass is 16.1. The Morgan fingerprint density at radius 3 is 3.14 bits per heavy atom. The van der Waals surface area contributed by atoms with Crippen molar-refractivity contribution in [1.29, 1.82) is 0 Å². The Balaban J connectivity index is 1.96. The summed E-state index contributed by atoms with van der Waals surface area (Å²) in [7, 11) is 1.63. The molecule has 6 nitrogen and oxygen atoms in total. The molecule has 1 saturated heterocycles. The van der Waals surface area contributed by atoms with E-state index in [-0.39, 0.29) is 11.5 Å². The molecule has 2 heterocycles. The molecule has 0 aromatic carbocycles. The largest absolute Gasteiger partial charge is 0.370 e. The van der Waals surface area contributed by atoms with Crippen molar-refractivity contribution in [2.24, 2.45) is 13.0 Å². The molecule has 1 N–H and O–H groups in total. The molecule has 1 amide bonds. The van der Waals surface area contributed by atoms with E-state index in [0.29, 0.717) is 18.9 Å². The Morgan fingerprint density at radius 2 is 2.43 bits per heavy atom. The van der Waals surface area contributed by atoms with Crippen molar-refractivity contribution in [3.05, 3.63) is 35.3 Å². The first-order valence-electron chi connectivity index (χ1n) is 7.26. The van der Waals surface area contributed by atoms with Gasteiger partial charge in [0.05, 0.1) is 11.9 Å². The van der Waals surface area contributed by atoms with Crippen LogP contribution in [0.25, 0.3) is 0 Å². The lowest BCUT2D eigenvalue weighted by Crippen LogP contribution is -2.38. The number of nitrogens with one attached hydrogen (secondary N) is 1. The highest BCUT2D eigenvalue weighted by Gasteiger charge is 2.22. The van der Waals surface area contributed by atoms with Crippen LogP contribution in [0.1, 0.15) is 19.3 Å². The van der Waals surface area contributed by atoms with Crippen LogP contribution in [0.3, 0.4) is 0 Å². The van der Waals surface area contributed by atoms with Crippen molar-refractivity contribution in [1.82, 2.24) is 15.1 Å². The fourth-order valence-electron chi connectivity index (χ4n) is 2.62. The van der Waals surface area contributed by atoms with Crippen molar-refractivity contribution in [3.8, 4) is 0 Å². The number of piperidine rings is 1. The molecular weight excluding hydrogens is 268 g/mol. The molecule has 1 aromatic rings. The summed E-state index contributed by atoms with van der Waals surface area (Å²) in [6, 6.07) is 1.60. The monoisotopic (exact) mass is 290 g/mol. The predicted molar refractivity (Wildman–Crippen MR) is 82.2 cm³/mol. The predicted octanol–water partition coefficient (Wildman–Crippen LogP) is 0.689. The van der Waals surface area contributed by atoms with E-state index in [2.05, 4.69) is 21.9 Å². The number of hydrogen-bond donors (Lipinski definition) is 1. The summed E-state index contributed by atoms with van der Waals surface area (Å²) in [5.74, 6) is 0.372. The molecule has 0 bridgehead atoms. The first kappa shape index (κ1) is 15.3. The third-order valence-corrected chi connectivity index (χ3v) is 3.76. The number of carbonyl (C=O) groups is 1. The van der Waals surface area contributed by atoms with Crippen LogP contribution in [0, 0.1) is 5.92 Å². The molecule has 1 aliphatic rings. The van der Waals surface area contributed by atoms with E-state index in [1.165, 1.54) is 4.68 Å². The van der Waals surface area contributed by atoms with Crippen molar-refractivity contribution in [2.45, 2.75) is 19.3 Å². The van der Waals surface area contributed by atoms with Gasteiger partial charge in [-0.3, -0.25) is 9.59 Å². The number of aryl methyl sites for hydroxylation is 1. The molecule has 0 aliphatic carbocycles. The fourth-order valence-corrected chi connectivity index (χ4v) is 2.62. The first-order valence-corrected chi connectivity index (χ1v) is 7.26. The van der Waals surface area contributed by atoms with E-state index in [4.69, 9.17) is 0 Å². The molecule has 1 atom stereocenters. The Morgan fingerprint density at radius 1 is 1.62 bits per heavy atom. The summed E-state index contributed by atoms with van der Waals surface area (Å²) in [6.45, 7) is 5.78. The quantitative estimate of drug-likeness (QED) is 0.810. The van der Waals surface area contributed by atoms with E-state index >= 15 is 0 Å². The molecule has 0 radical (unpaired) electrons. The Labute approximate surface area is 124 Å². The molecular formula is C15H22N4O2. The van der Waals surface area contributed by atoms with E-state index in [1.54, 1.807) is 25.4 Å². The average molecular weight is 290 g/mol. The molecule has 0 spiro atoms. The fraction of sp³-hybridized carbons (Fsp3) is 0.533. The Hall–Kier alpha value is -2.11. The van der Waals surface area contributed by atoms with Crippen molar-refractivity contribution in [3.63, 3.8) is 0 Å². The molecule has 2 rings (SSSR count). The number of amides is 1. The minimum atomic E-state index is -0.113. The maximum atomic E-state index is 11.8. The molecule has 0 saturated carbocycles. The van der Waals surface area contributed by atoms with Gasteiger partial charge in [0.1, 0.15) is 0 Å². The van der Waals surface area contributed by atoms with Gasteiger partial charge in [0, 0.05) is 39.2 Å². The number of hydrogen-bond acceptors (Lipinski definition) is 4. The van der Waals surface area contributed by atoms with Gasteiger partial charge >= 0.3 is 0 Å². The third kappa shape index (κ3) is 4.18. The van der Waals surface area contributed by atoms with Crippen LogP contribution in [0.2, 0.25) is 0 Å². The number of carbonyl (C=O) groups excluding carboxylic acids is 1.